The maximum atomic E-state index is 10.5. The predicted octanol–water partition coefficient (Wildman–Crippen LogP) is 4.62. The van der Waals surface area contributed by atoms with Crippen molar-refractivity contribution in [2.24, 2.45) is 0 Å². The van der Waals surface area contributed by atoms with Gasteiger partial charge in [-0.05, 0) is 50.6 Å². The SMILES string of the molecule is Cc1ccc(S(=O)(=O)O)cc1.[CH2].[CH2].c1ccc(-c2ccc(N3CCCCCNCC3)nn2)cc1. The normalized spacial score (nSPS) is 14.1. The van der Waals surface area contributed by atoms with Gasteiger partial charge in [-0.15, -0.1) is 10.2 Å². The number of benzene rings is 2. The van der Waals surface area contributed by atoms with Crippen LogP contribution in [0.3, 0.4) is 0 Å². The Morgan fingerprint density at radius 2 is 1.53 bits per heavy atom. The lowest BCUT2D eigenvalue weighted by Gasteiger charge is -2.22. The molecular formula is C26H34N4O3S. The molecule has 0 bridgehead atoms. The molecule has 8 heteroatoms. The molecule has 4 rings (SSSR count). The Balaban J connectivity index is 0.000000382. The molecule has 4 radical (unpaired) electrons. The molecule has 182 valence electrons. The van der Waals surface area contributed by atoms with E-state index in [1.54, 1.807) is 12.1 Å². The van der Waals surface area contributed by atoms with Gasteiger partial charge in [0, 0.05) is 25.2 Å². The van der Waals surface area contributed by atoms with E-state index >= 15 is 0 Å². The summed E-state index contributed by atoms with van der Waals surface area (Å²) in [6.45, 7) is 6.06. The lowest BCUT2D eigenvalue weighted by molar-refractivity contribution is 0.483. The molecule has 2 N–H and O–H groups in total. The Bertz CT molecular complexity index is 1050. The lowest BCUT2D eigenvalue weighted by atomic mass is 10.1. The molecule has 1 aromatic heterocycles. The Kier molecular flexibility index (Phi) is 12.4. The Labute approximate surface area is 205 Å². The summed E-state index contributed by atoms with van der Waals surface area (Å²) in [6, 6.07) is 20.3. The first-order chi connectivity index (χ1) is 15.4. The molecule has 0 unspecified atom stereocenters. The van der Waals surface area contributed by atoms with Crippen LogP contribution in [0.2, 0.25) is 0 Å². The largest absolute Gasteiger partial charge is 0.354 e. The van der Waals surface area contributed by atoms with Crippen molar-refractivity contribution >= 4 is 15.9 Å². The van der Waals surface area contributed by atoms with Crippen LogP contribution < -0.4 is 10.2 Å². The van der Waals surface area contributed by atoms with Crippen molar-refractivity contribution in [1.82, 2.24) is 15.5 Å². The van der Waals surface area contributed by atoms with Crippen molar-refractivity contribution < 1.29 is 13.0 Å². The van der Waals surface area contributed by atoms with Gasteiger partial charge in [0.15, 0.2) is 5.82 Å². The first-order valence-electron chi connectivity index (χ1n) is 10.8. The average Bonchev–Trinajstić information content (AvgIpc) is 2.94. The molecule has 7 nitrogen and oxygen atoms in total. The zero-order valence-electron chi connectivity index (χ0n) is 19.7. The minimum absolute atomic E-state index is 0. The molecule has 1 aliphatic rings. The van der Waals surface area contributed by atoms with Gasteiger partial charge in [-0.2, -0.15) is 8.42 Å². The maximum Gasteiger partial charge on any atom is 0.294 e. The highest BCUT2D eigenvalue weighted by molar-refractivity contribution is 7.85. The molecule has 1 saturated heterocycles. The van der Waals surface area contributed by atoms with Gasteiger partial charge in [0.05, 0.1) is 10.6 Å². The van der Waals surface area contributed by atoms with Crippen molar-refractivity contribution in [2.75, 3.05) is 31.1 Å². The van der Waals surface area contributed by atoms with Crippen LogP contribution in [0.5, 0.6) is 0 Å². The second-order valence-corrected chi connectivity index (χ2v) is 9.15. The zero-order chi connectivity index (χ0) is 22.8. The smallest absolute Gasteiger partial charge is 0.294 e. The highest BCUT2D eigenvalue weighted by Gasteiger charge is 2.10. The van der Waals surface area contributed by atoms with Gasteiger partial charge in [0.25, 0.3) is 10.1 Å². The summed E-state index contributed by atoms with van der Waals surface area (Å²) in [5.41, 5.74) is 3.00. The summed E-state index contributed by atoms with van der Waals surface area (Å²) in [6.07, 6.45) is 3.77. The van der Waals surface area contributed by atoms with Crippen LogP contribution in [-0.4, -0.2) is 49.3 Å². The monoisotopic (exact) mass is 482 g/mol. The minimum Gasteiger partial charge on any atom is -0.354 e. The molecule has 0 atom stereocenters. The van der Waals surface area contributed by atoms with Gasteiger partial charge < -0.3 is 10.2 Å². The predicted molar refractivity (Wildman–Crippen MR) is 138 cm³/mol. The van der Waals surface area contributed by atoms with Gasteiger partial charge in [0.2, 0.25) is 0 Å². The van der Waals surface area contributed by atoms with Gasteiger partial charge in [0.1, 0.15) is 0 Å². The summed E-state index contributed by atoms with van der Waals surface area (Å²) >= 11 is 0. The van der Waals surface area contributed by atoms with Crippen LogP contribution >= 0.6 is 0 Å². The van der Waals surface area contributed by atoms with Crippen LogP contribution in [0.4, 0.5) is 5.82 Å². The van der Waals surface area contributed by atoms with Crippen LogP contribution in [-0.2, 0) is 10.1 Å². The fourth-order valence-corrected chi connectivity index (χ4v) is 3.86. The third-order valence-corrected chi connectivity index (χ3v) is 6.07. The van der Waals surface area contributed by atoms with E-state index in [-0.39, 0.29) is 19.7 Å². The summed E-state index contributed by atoms with van der Waals surface area (Å²) < 4.78 is 29.6. The van der Waals surface area contributed by atoms with Crippen molar-refractivity contribution in [2.45, 2.75) is 31.1 Å². The molecule has 2 aromatic carbocycles. The standard InChI is InChI=1S/C17H22N4.C7H8O3S.2CH2/c1-3-7-15(8-4-1)16-9-10-17(20-19-16)21-13-6-2-5-11-18-12-14-21;1-6-2-4-7(5-3-6)11(8,9)10;;/h1,3-4,7-10,18H,2,5-6,11-14H2;2-5H,1H3,(H,8,9,10);2*1H2. The number of hydrogen-bond acceptors (Lipinski definition) is 6. The second kappa shape index (κ2) is 14.5. The highest BCUT2D eigenvalue weighted by Crippen LogP contribution is 2.18. The van der Waals surface area contributed by atoms with Crippen molar-refractivity contribution in [1.29, 1.82) is 0 Å². The molecule has 0 saturated carbocycles. The lowest BCUT2D eigenvalue weighted by Crippen LogP contribution is -2.32. The quantitative estimate of drug-likeness (QED) is 0.526. The summed E-state index contributed by atoms with van der Waals surface area (Å²) in [7, 11) is -4.02. The topological polar surface area (TPSA) is 95.4 Å². The second-order valence-electron chi connectivity index (χ2n) is 7.73. The number of aromatic nitrogens is 2. The minimum atomic E-state index is -4.02. The van der Waals surface area contributed by atoms with E-state index in [9.17, 15) is 8.42 Å². The molecule has 3 aromatic rings. The Hall–Kier alpha value is -2.81. The Morgan fingerprint density at radius 3 is 2.15 bits per heavy atom. The van der Waals surface area contributed by atoms with E-state index in [1.807, 2.05) is 25.1 Å². The molecule has 1 fully saturated rings. The van der Waals surface area contributed by atoms with Gasteiger partial charge in [-0.1, -0.05) is 69.3 Å². The highest BCUT2D eigenvalue weighted by atomic mass is 32.2. The molecule has 0 amide bonds. The average molecular weight is 483 g/mol. The number of anilines is 1. The van der Waals surface area contributed by atoms with Crippen LogP contribution in [0.25, 0.3) is 11.3 Å². The number of aryl methyl sites for hydroxylation is 1. The van der Waals surface area contributed by atoms with Crippen molar-refractivity contribution in [3.63, 3.8) is 0 Å². The fourth-order valence-electron chi connectivity index (χ4n) is 3.38. The number of hydrogen-bond donors (Lipinski definition) is 2. The first-order valence-corrected chi connectivity index (χ1v) is 12.3. The van der Waals surface area contributed by atoms with Crippen LogP contribution in [0.15, 0.2) is 71.6 Å². The molecule has 2 heterocycles. The molecule has 1 aliphatic heterocycles. The zero-order valence-corrected chi connectivity index (χ0v) is 20.5. The van der Waals surface area contributed by atoms with E-state index < -0.39 is 10.1 Å². The molecule has 0 aliphatic carbocycles. The Morgan fingerprint density at radius 1 is 0.824 bits per heavy atom. The molecule has 0 spiro atoms. The summed E-state index contributed by atoms with van der Waals surface area (Å²) in [5.74, 6) is 0.985. The number of nitrogens with one attached hydrogen (secondary N) is 1. The van der Waals surface area contributed by atoms with Crippen LogP contribution in [0, 0.1) is 21.8 Å². The van der Waals surface area contributed by atoms with E-state index in [2.05, 4.69) is 44.7 Å². The van der Waals surface area contributed by atoms with E-state index in [4.69, 9.17) is 4.55 Å². The van der Waals surface area contributed by atoms with Gasteiger partial charge in [-0.3, -0.25) is 4.55 Å². The summed E-state index contributed by atoms with van der Waals surface area (Å²) in [4.78, 5) is 2.27. The first kappa shape index (κ1) is 29.2. The van der Waals surface area contributed by atoms with Crippen molar-refractivity contribution in [3.05, 3.63) is 87.1 Å². The molecular weight excluding hydrogens is 448 g/mol. The van der Waals surface area contributed by atoms with Gasteiger partial charge in [-0.25, -0.2) is 0 Å². The van der Waals surface area contributed by atoms with E-state index in [1.165, 1.54) is 31.4 Å². The van der Waals surface area contributed by atoms with Crippen molar-refractivity contribution in [3.8, 4) is 11.3 Å². The van der Waals surface area contributed by atoms with E-state index in [0.717, 1.165) is 48.8 Å². The summed E-state index contributed by atoms with van der Waals surface area (Å²) in [5, 5.41) is 12.3. The fraction of sp³-hybridized carbons (Fsp3) is 0.308. The van der Waals surface area contributed by atoms with Gasteiger partial charge >= 0.3 is 0 Å². The third-order valence-electron chi connectivity index (χ3n) is 5.20. The number of rotatable bonds is 3. The van der Waals surface area contributed by atoms with Crippen LogP contribution in [0.1, 0.15) is 24.8 Å². The molecule has 34 heavy (non-hydrogen) atoms. The van der Waals surface area contributed by atoms with E-state index in [0.29, 0.717) is 0 Å². The number of nitrogens with zero attached hydrogens (tertiary/aromatic N) is 3. The third kappa shape index (κ3) is 9.21. The maximum absolute atomic E-state index is 10.5.